The molecule has 0 unspecified atom stereocenters. The summed E-state index contributed by atoms with van der Waals surface area (Å²) in [6.45, 7) is 10.8. The van der Waals surface area contributed by atoms with E-state index >= 15 is 0 Å². The average Bonchev–Trinajstić information content (AvgIpc) is 3.13. The van der Waals surface area contributed by atoms with Crippen LogP contribution in [0.25, 0.3) is 5.57 Å². The van der Waals surface area contributed by atoms with E-state index in [1.54, 1.807) is 6.08 Å². The Bertz CT molecular complexity index is 832. The van der Waals surface area contributed by atoms with Crippen molar-refractivity contribution in [2.45, 2.75) is 65.5 Å². The van der Waals surface area contributed by atoms with E-state index < -0.39 is 0 Å². The van der Waals surface area contributed by atoms with Gasteiger partial charge >= 0.3 is 0 Å². The fourth-order valence-corrected chi connectivity index (χ4v) is 4.34. The number of allylic oxidation sites excluding steroid dienone is 3. The number of carbonyl (C=O) groups excluding carboxylic acids is 1. The first-order valence-corrected chi connectivity index (χ1v) is 10.2. The van der Waals surface area contributed by atoms with E-state index in [0.717, 1.165) is 49.1 Å². The molecule has 1 aliphatic heterocycles. The summed E-state index contributed by atoms with van der Waals surface area (Å²) in [5.41, 5.74) is 9.13. The summed E-state index contributed by atoms with van der Waals surface area (Å²) >= 11 is 6.42. The van der Waals surface area contributed by atoms with Crippen LogP contribution in [0.15, 0.2) is 28.1 Å². The minimum absolute atomic E-state index is 0.0539. The number of amides is 1. The maximum atomic E-state index is 12.7. The highest BCUT2D eigenvalue weighted by Crippen LogP contribution is 2.37. The zero-order valence-electron chi connectivity index (χ0n) is 17.0. The van der Waals surface area contributed by atoms with Crippen molar-refractivity contribution in [2.75, 3.05) is 0 Å². The maximum Gasteiger partial charge on any atom is 0.228 e. The summed E-state index contributed by atoms with van der Waals surface area (Å²) in [5.74, 6) is 0.262. The van der Waals surface area contributed by atoms with Crippen molar-refractivity contribution in [3.63, 3.8) is 0 Å². The predicted octanol–water partition coefficient (Wildman–Crippen LogP) is 3.61. The Morgan fingerprint density at radius 3 is 2.89 bits per heavy atom. The van der Waals surface area contributed by atoms with Gasteiger partial charge in [-0.2, -0.15) is 5.10 Å². The van der Waals surface area contributed by atoms with Gasteiger partial charge in [0.15, 0.2) is 0 Å². The predicted molar refractivity (Wildman–Crippen MR) is 114 cm³/mol. The van der Waals surface area contributed by atoms with Gasteiger partial charge in [-0.1, -0.05) is 31.9 Å². The van der Waals surface area contributed by atoms with E-state index in [0.29, 0.717) is 17.3 Å². The molecule has 2 atom stereocenters. The van der Waals surface area contributed by atoms with Gasteiger partial charge < -0.3 is 11.1 Å². The van der Waals surface area contributed by atoms with Crippen LogP contribution in [-0.2, 0) is 17.8 Å². The fourth-order valence-electron chi connectivity index (χ4n) is 4.19. The van der Waals surface area contributed by atoms with Crippen molar-refractivity contribution in [1.82, 2.24) is 15.1 Å². The van der Waals surface area contributed by atoms with Crippen molar-refractivity contribution in [2.24, 2.45) is 22.1 Å². The second-order valence-corrected chi connectivity index (χ2v) is 9.32. The van der Waals surface area contributed by atoms with Gasteiger partial charge in [0, 0.05) is 40.4 Å². The third kappa shape index (κ3) is 4.55. The van der Waals surface area contributed by atoms with Crippen LogP contribution in [0.3, 0.4) is 0 Å². The molecule has 3 N–H and O–H groups in total. The Labute approximate surface area is 171 Å². The molecule has 1 fully saturated rings. The Kier molecular flexibility index (Phi) is 6.10. The van der Waals surface area contributed by atoms with E-state index in [9.17, 15) is 4.79 Å². The summed E-state index contributed by atoms with van der Waals surface area (Å²) in [4.78, 5) is 16.7. The van der Waals surface area contributed by atoms with Crippen LogP contribution in [0.4, 0.5) is 0 Å². The Morgan fingerprint density at radius 2 is 2.25 bits per heavy atom. The van der Waals surface area contributed by atoms with Gasteiger partial charge in [-0.25, -0.2) is 4.99 Å². The third-order valence-electron chi connectivity index (χ3n) is 5.62. The van der Waals surface area contributed by atoms with Gasteiger partial charge in [0.2, 0.25) is 5.91 Å². The molecule has 28 heavy (non-hydrogen) atoms. The highest BCUT2D eigenvalue weighted by atomic mass is 35.5. The summed E-state index contributed by atoms with van der Waals surface area (Å²) in [7, 11) is 0. The van der Waals surface area contributed by atoms with E-state index in [2.05, 4.69) is 36.0 Å². The van der Waals surface area contributed by atoms with Gasteiger partial charge in [0.1, 0.15) is 5.82 Å². The van der Waals surface area contributed by atoms with Gasteiger partial charge in [-0.05, 0) is 50.8 Å². The molecule has 1 aromatic rings. The number of aliphatic imine (C=N–C) groups is 1. The molecule has 0 bridgehead atoms. The molecular formula is C21H30ClN5O. The second kappa shape index (κ2) is 8.21. The number of halogens is 1. The number of hydrogen-bond donors (Lipinski definition) is 2. The van der Waals surface area contributed by atoms with Gasteiger partial charge in [-0.15, -0.1) is 0 Å². The summed E-state index contributed by atoms with van der Waals surface area (Å²) in [6.07, 6.45) is 8.07. The highest BCUT2D eigenvalue weighted by Gasteiger charge is 2.32. The lowest BCUT2D eigenvalue weighted by molar-refractivity contribution is -0.125. The molecule has 2 heterocycles. The molecule has 1 amide bonds. The number of fused-ring (bicyclic) bond motifs is 1. The van der Waals surface area contributed by atoms with Crippen molar-refractivity contribution in [3.8, 4) is 0 Å². The van der Waals surface area contributed by atoms with Crippen LogP contribution >= 0.6 is 11.6 Å². The quantitative estimate of drug-likeness (QED) is 0.581. The molecule has 0 saturated heterocycles. The highest BCUT2D eigenvalue weighted by molar-refractivity contribution is 6.32. The van der Waals surface area contributed by atoms with Crippen LogP contribution in [0.2, 0.25) is 0 Å². The molecule has 152 valence electrons. The minimum atomic E-state index is -0.0837. The number of hydrogen-bond acceptors (Lipinski definition) is 4. The molecule has 1 aliphatic carbocycles. The number of nitrogens with one attached hydrogen (secondary N) is 1. The largest absolute Gasteiger partial charge is 0.328 e. The number of nitrogens with two attached hydrogens (primary N) is 1. The molecule has 2 aliphatic rings. The van der Waals surface area contributed by atoms with E-state index in [1.807, 2.05) is 17.8 Å². The molecule has 3 rings (SSSR count). The molecule has 7 heteroatoms. The zero-order chi connectivity index (χ0) is 20.5. The first-order valence-electron chi connectivity index (χ1n) is 9.86. The topological polar surface area (TPSA) is 85.3 Å². The zero-order valence-corrected chi connectivity index (χ0v) is 17.7. The van der Waals surface area contributed by atoms with Crippen molar-refractivity contribution in [3.05, 3.63) is 34.4 Å². The molecule has 1 aromatic heterocycles. The molecule has 6 nitrogen and oxygen atoms in total. The first-order chi connectivity index (χ1) is 13.2. The molecule has 0 spiro atoms. The summed E-state index contributed by atoms with van der Waals surface area (Å²) < 4.78 is 2.03. The Hall–Kier alpha value is -1.92. The van der Waals surface area contributed by atoms with Crippen LogP contribution in [0, 0.1) is 11.3 Å². The fraction of sp³-hybridized carbons (Fsp3) is 0.571. The number of nitrogens with zero attached hydrogens (tertiary/aromatic N) is 3. The summed E-state index contributed by atoms with van der Waals surface area (Å²) in [5, 5.41) is 8.05. The Balaban J connectivity index is 1.83. The lowest BCUT2D eigenvalue weighted by atomic mass is 9.85. The molecule has 0 aromatic carbocycles. The average molecular weight is 404 g/mol. The van der Waals surface area contributed by atoms with Crippen molar-refractivity contribution in [1.29, 1.82) is 0 Å². The molecule has 0 radical (unpaired) electrons. The van der Waals surface area contributed by atoms with Crippen LogP contribution < -0.4 is 11.1 Å². The van der Waals surface area contributed by atoms with Gasteiger partial charge in [0.25, 0.3) is 0 Å². The Morgan fingerprint density at radius 1 is 1.50 bits per heavy atom. The SMILES string of the molecule is C=N/C(=C\C(=C(/C)Cl)c1cnn2c1CC(C)(C)C2)NC(=O)[C@H]1CCC[C@@H](N)C1. The van der Waals surface area contributed by atoms with Crippen molar-refractivity contribution < 1.29 is 4.79 Å². The normalized spacial score (nSPS) is 25.1. The van der Waals surface area contributed by atoms with Crippen LogP contribution in [0.5, 0.6) is 0 Å². The molecule has 1 saturated carbocycles. The number of aromatic nitrogens is 2. The van der Waals surface area contributed by atoms with Gasteiger partial charge in [-0.3, -0.25) is 9.48 Å². The second-order valence-electron chi connectivity index (χ2n) is 8.75. The van der Waals surface area contributed by atoms with E-state index in [4.69, 9.17) is 17.3 Å². The number of carbonyl (C=O) groups is 1. The lowest BCUT2D eigenvalue weighted by Gasteiger charge is -2.25. The summed E-state index contributed by atoms with van der Waals surface area (Å²) in [6, 6.07) is 0.0903. The van der Waals surface area contributed by atoms with E-state index in [1.165, 1.54) is 0 Å². The minimum Gasteiger partial charge on any atom is -0.328 e. The maximum absolute atomic E-state index is 12.7. The van der Waals surface area contributed by atoms with Crippen LogP contribution in [0.1, 0.15) is 57.7 Å². The van der Waals surface area contributed by atoms with E-state index in [-0.39, 0.29) is 23.3 Å². The van der Waals surface area contributed by atoms with Crippen molar-refractivity contribution >= 4 is 29.8 Å². The standard InChI is InChI=1S/C21H30ClN5O/c1-13(22)16(17-11-25-27-12-21(2,3)10-18(17)27)9-19(24-4)26-20(28)14-6-5-7-15(23)8-14/h9,11,14-15H,4-8,10,12,23H2,1-3H3,(H,26,28)/b16-13-,19-9+/t14-,15+/m0/s1. The van der Waals surface area contributed by atoms with Gasteiger partial charge in [0.05, 0.1) is 6.20 Å². The van der Waals surface area contributed by atoms with Crippen LogP contribution in [-0.4, -0.2) is 28.4 Å². The monoisotopic (exact) mass is 403 g/mol. The third-order valence-corrected chi connectivity index (χ3v) is 5.83. The molecular weight excluding hydrogens is 374 g/mol. The first kappa shape index (κ1) is 20.8. The smallest absolute Gasteiger partial charge is 0.228 e. The lowest BCUT2D eigenvalue weighted by Crippen LogP contribution is -2.37. The number of rotatable bonds is 5.